The summed E-state index contributed by atoms with van der Waals surface area (Å²) in [5, 5.41) is 16.9. The minimum Gasteiger partial charge on any atom is -0.480 e. The van der Waals surface area contributed by atoms with Gasteiger partial charge < -0.3 is 38.3 Å². The number of amides is 5. The molecule has 1 rings (SSSR count). The summed E-state index contributed by atoms with van der Waals surface area (Å²) >= 11 is 0. The smallest absolute Gasteiger partial charge is 0.326 e. The first-order chi connectivity index (χ1) is 17.3. The summed E-state index contributed by atoms with van der Waals surface area (Å²) in [6, 6.07) is 3.63. The van der Waals surface area contributed by atoms with Gasteiger partial charge in [-0.2, -0.15) is 0 Å². The molecule has 204 valence electrons. The van der Waals surface area contributed by atoms with E-state index in [1.54, 1.807) is 44.2 Å². The van der Waals surface area contributed by atoms with Crippen molar-refractivity contribution in [2.24, 2.45) is 23.1 Å². The number of carboxylic acid groups (broad SMARTS) is 1. The normalized spacial score (nSPS) is 14.8. The van der Waals surface area contributed by atoms with Crippen LogP contribution >= 0.6 is 0 Å². The quantitative estimate of drug-likeness (QED) is 0.132. The predicted molar refractivity (Wildman–Crippen MR) is 133 cm³/mol. The van der Waals surface area contributed by atoms with E-state index >= 15 is 0 Å². The molecule has 0 aromatic heterocycles. The van der Waals surface area contributed by atoms with Gasteiger partial charge in [-0.05, 0) is 17.9 Å². The number of carboxylic acids is 1. The molecule has 0 saturated carbocycles. The minimum absolute atomic E-state index is 0.0168. The van der Waals surface area contributed by atoms with E-state index in [0.29, 0.717) is 12.0 Å². The summed E-state index contributed by atoms with van der Waals surface area (Å²) < 4.78 is 0. The monoisotopic (exact) mass is 520 g/mol. The maximum atomic E-state index is 13.1. The van der Waals surface area contributed by atoms with Gasteiger partial charge in [-0.3, -0.25) is 24.0 Å². The number of benzene rings is 1. The number of nitrogens with two attached hydrogens (primary N) is 3. The largest absolute Gasteiger partial charge is 0.480 e. The molecule has 0 heterocycles. The van der Waals surface area contributed by atoms with E-state index in [4.69, 9.17) is 17.2 Å². The number of carbonyl (C=O) groups is 6. The fraction of sp³-hybridized carbons (Fsp3) is 0.500. The predicted octanol–water partition coefficient (Wildman–Crippen LogP) is -1.72. The van der Waals surface area contributed by atoms with Crippen molar-refractivity contribution in [2.45, 2.75) is 70.1 Å². The van der Waals surface area contributed by atoms with E-state index in [2.05, 4.69) is 16.0 Å². The zero-order valence-corrected chi connectivity index (χ0v) is 20.9. The third-order valence-electron chi connectivity index (χ3n) is 5.76. The first kappa shape index (κ1) is 31.0. The second-order valence-electron chi connectivity index (χ2n) is 8.80. The lowest BCUT2D eigenvalue weighted by molar-refractivity contribution is -0.143. The zero-order valence-electron chi connectivity index (χ0n) is 20.9. The Morgan fingerprint density at radius 2 is 1.43 bits per heavy atom. The summed E-state index contributed by atoms with van der Waals surface area (Å²) in [4.78, 5) is 72.8. The van der Waals surface area contributed by atoms with Gasteiger partial charge in [0.05, 0.1) is 12.5 Å². The highest BCUT2D eigenvalue weighted by molar-refractivity contribution is 5.95. The molecule has 5 unspecified atom stereocenters. The van der Waals surface area contributed by atoms with Crippen LogP contribution < -0.4 is 33.2 Å². The van der Waals surface area contributed by atoms with Crippen molar-refractivity contribution in [2.75, 3.05) is 0 Å². The lowest BCUT2D eigenvalue weighted by atomic mass is 9.98. The Bertz CT molecular complexity index is 972. The highest BCUT2D eigenvalue weighted by Crippen LogP contribution is 2.10. The van der Waals surface area contributed by atoms with Crippen LogP contribution in [0.25, 0.3) is 0 Å². The molecule has 0 aliphatic heterocycles. The maximum Gasteiger partial charge on any atom is 0.326 e. The highest BCUT2D eigenvalue weighted by atomic mass is 16.4. The van der Waals surface area contributed by atoms with Crippen LogP contribution in [-0.4, -0.2) is 64.8 Å². The Labute approximate surface area is 214 Å². The lowest BCUT2D eigenvalue weighted by Gasteiger charge is -2.26. The van der Waals surface area contributed by atoms with Crippen LogP contribution in [0.1, 0.15) is 45.1 Å². The molecule has 1 aromatic carbocycles. The van der Waals surface area contributed by atoms with Crippen LogP contribution in [-0.2, 0) is 35.2 Å². The van der Waals surface area contributed by atoms with Crippen LogP contribution in [0.4, 0.5) is 0 Å². The zero-order chi connectivity index (χ0) is 28.1. The molecule has 37 heavy (non-hydrogen) atoms. The molecule has 0 saturated heterocycles. The van der Waals surface area contributed by atoms with Gasteiger partial charge in [0.25, 0.3) is 0 Å². The van der Waals surface area contributed by atoms with E-state index in [-0.39, 0.29) is 25.2 Å². The molecular weight excluding hydrogens is 484 g/mol. The topological polar surface area (TPSA) is 237 Å². The van der Waals surface area contributed by atoms with Crippen LogP contribution in [0.15, 0.2) is 30.3 Å². The number of primary amides is 2. The molecule has 13 heteroatoms. The summed E-state index contributed by atoms with van der Waals surface area (Å²) in [6.07, 6.45) is -0.446. The Morgan fingerprint density at radius 1 is 0.865 bits per heavy atom. The third kappa shape index (κ3) is 11.1. The number of hydrogen-bond acceptors (Lipinski definition) is 7. The molecular formula is C24H36N6O7. The van der Waals surface area contributed by atoms with E-state index in [1.165, 1.54) is 0 Å². The van der Waals surface area contributed by atoms with Gasteiger partial charge in [0.1, 0.15) is 18.1 Å². The van der Waals surface area contributed by atoms with E-state index in [1.807, 2.05) is 0 Å². The van der Waals surface area contributed by atoms with E-state index < -0.39 is 66.1 Å². The first-order valence-electron chi connectivity index (χ1n) is 11.9. The van der Waals surface area contributed by atoms with Crippen molar-refractivity contribution in [3.05, 3.63) is 35.9 Å². The van der Waals surface area contributed by atoms with Gasteiger partial charge in [0, 0.05) is 12.8 Å². The second-order valence-corrected chi connectivity index (χ2v) is 8.80. The van der Waals surface area contributed by atoms with Gasteiger partial charge in [-0.1, -0.05) is 50.6 Å². The summed E-state index contributed by atoms with van der Waals surface area (Å²) in [6.45, 7) is 3.46. The third-order valence-corrected chi connectivity index (χ3v) is 5.76. The molecule has 0 radical (unpaired) electrons. The lowest BCUT2D eigenvalue weighted by Crippen LogP contribution is -2.58. The number of carbonyl (C=O) groups excluding carboxylic acids is 5. The number of aliphatic carboxylic acids is 1. The highest BCUT2D eigenvalue weighted by Gasteiger charge is 2.32. The Hall–Kier alpha value is -4.00. The first-order valence-corrected chi connectivity index (χ1v) is 11.9. The van der Waals surface area contributed by atoms with Crippen LogP contribution in [0.3, 0.4) is 0 Å². The molecule has 5 atom stereocenters. The molecule has 10 N–H and O–H groups in total. The number of hydrogen-bond donors (Lipinski definition) is 7. The van der Waals surface area contributed by atoms with Crippen molar-refractivity contribution < 1.29 is 33.9 Å². The van der Waals surface area contributed by atoms with Gasteiger partial charge in [-0.25, -0.2) is 4.79 Å². The van der Waals surface area contributed by atoms with E-state index in [9.17, 15) is 33.9 Å². The van der Waals surface area contributed by atoms with Crippen molar-refractivity contribution in [3.63, 3.8) is 0 Å². The van der Waals surface area contributed by atoms with Gasteiger partial charge in [-0.15, -0.1) is 0 Å². The Kier molecular flexibility index (Phi) is 12.7. The molecule has 0 aliphatic carbocycles. The molecule has 0 spiro atoms. The van der Waals surface area contributed by atoms with Gasteiger partial charge in [0.15, 0.2) is 0 Å². The summed E-state index contributed by atoms with van der Waals surface area (Å²) in [7, 11) is 0. The SMILES string of the molecule is CCC(C)C(NC(=O)C(Cc1ccccc1)NC(=O)C(CCC(N)=O)NC(=O)C(N)CC(N)=O)C(=O)O. The van der Waals surface area contributed by atoms with Gasteiger partial charge in [0.2, 0.25) is 29.5 Å². The van der Waals surface area contributed by atoms with Crippen LogP contribution in [0, 0.1) is 5.92 Å². The molecule has 0 bridgehead atoms. The molecule has 5 amide bonds. The minimum atomic E-state index is -1.34. The average Bonchev–Trinajstić information content (AvgIpc) is 2.83. The average molecular weight is 521 g/mol. The Balaban J connectivity index is 3.17. The number of nitrogens with one attached hydrogen (secondary N) is 3. The fourth-order valence-electron chi connectivity index (χ4n) is 3.41. The molecule has 0 fully saturated rings. The standard InChI is InChI=1S/C24H36N6O7/c1-3-13(2)20(24(36)37)30-23(35)17(11-14-7-5-4-6-8-14)29-22(34)16(9-10-18(26)31)28-21(33)15(25)12-19(27)32/h4-8,13,15-17,20H,3,9-12,25H2,1-2H3,(H2,26,31)(H2,27,32)(H,28,33)(H,29,34)(H,30,35)(H,36,37). The second kappa shape index (κ2) is 15.2. The maximum absolute atomic E-state index is 13.1. The van der Waals surface area contributed by atoms with Crippen molar-refractivity contribution >= 4 is 35.5 Å². The van der Waals surface area contributed by atoms with E-state index in [0.717, 1.165) is 0 Å². The molecule has 0 aliphatic rings. The number of rotatable bonds is 16. The Morgan fingerprint density at radius 3 is 1.95 bits per heavy atom. The van der Waals surface area contributed by atoms with Crippen LogP contribution in [0.5, 0.6) is 0 Å². The fourth-order valence-corrected chi connectivity index (χ4v) is 3.41. The van der Waals surface area contributed by atoms with Crippen LogP contribution in [0.2, 0.25) is 0 Å². The summed E-state index contributed by atoms with van der Waals surface area (Å²) in [5.74, 6) is -5.59. The van der Waals surface area contributed by atoms with Crippen molar-refractivity contribution in [1.82, 2.24) is 16.0 Å². The van der Waals surface area contributed by atoms with Crippen molar-refractivity contribution in [3.8, 4) is 0 Å². The summed E-state index contributed by atoms with van der Waals surface area (Å²) in [5.41, 5.74) is 16.6. The molecule has 1 aromatic rings. The van der Waals surface area contributed by atoms with Crippen molar-refractivity contribution in [1.29, 1.82) is 0 Å². The molecule has 13 nitrogen and oxygen atoms in total. The van der Waals surface area contributed by atoms with Gasteiger partial charge >= 0.3 is 5.97 Å².